The molecule has 0 saturated carbocycles. The van der Waals surface area contributed by atoms with E-state index in [-0.39, 0.29) is 0 Å². The van der Waals surface area contributed by atoms with Crippen molar-refractivity contribution in [1.29, 1.82) is 0 Å². The smallest absolute Gasteiger partial charge is 0.351 e. The largest absolute Gasteiger partial charge is 0.362 e. The minimum atomic E-state index is -2.03. The highest BCUT2D eigenvalue weighted by atomic mass is 32.2. The van der Waals surface area contributed by atoms with Gasteiger partial charge in [0.2, 0.25) is 0 Å². The highest BCUT2D eigenvalue weighted by molar-refractivity contribution is 7.75. The molecule has 0 radical (unpaired) electrons. The van der Waals surface area contributed by atoms with Gasteiger partial charge in [0, 0.05) is 0 Å². The Morgan fingerprint density at radius 1 is 1.88 bits per heavy atom. The number of rotatable bonds is 3. The lowest BCUT2D eigenvalue weighted by Gasteiger charge is -1.93. The summed E-state index contributed by atoms with van der Waals surface area (Å²) in [6, 6.07) is -1.12. The summed E-state index contributed by atoms with van der Waals surface area (Å²) in [5.74, 6) is 0. The van der Waals surface area contributed by atoms with Gasteiger partial charge in [-0.1, -0.05) is 0 Å². The Bertz CT molecular complexity index is 113. The maximum Gasteiger partial charge on any atom is 0.362 e. The molecule has 0 rings (SSSR count). The van der Waals surface area contributed by atoms with Crippen LogP contribution in [0.2, 0.25) is 0 Å². The van der Waals surface area contributed by atoms with Gasteiger partial charge in [0.15, 0.2) is 0 Å². The molecule has 0 aromatic rings. The zero-order valence-electron chi connectivity index (χ0n) is 4.22. The van der Waals surface area contributed by atoms with Crippen molar-refractivity contribution in [1.82, 2.24) is 0 Å². The van der Waals surface area contributed by atoms with Crippen molar-refractivity contribution in [3.63, 3.8) is 0 Å². The molecule has 0 aliphatic carbocycles. The van der Waals surface area contributed by atoms with Crippen molar-refractivity contribution in [2.75, 3.05) is 7.11 Å². The summed E-state index contributed by atoms with van der Waals surface area (Å²) in [5, 5.41) is 0. The van der Waals surface area contributed by atoms with Crippen molar-refractivity contribution < 1.29 is 17.0 Å². The topological polar surface area (TPSA) is 35.5 Å². The van der Waals surface area contributed by atoms with E-state index in [0.717, 1.165) is 7.11 Å². The van der Waals surface area contributed by atoms with E-state index in [9.17, 15) is 8.60 Å². The highest BCUT2D eigenvalue weighted by Crippen LogP contribution is 1.97. The highest BCUT2D eigenvalue weighted by Gasteiger charge is 1.97. The average molecular weight is 140 g/mol. The molecule has 48 valence electrons. The lowest BCUT2D eigenvalue weighted by atomic mass is 11.1. The number of halogens is 1. The third-order valence-corrected chi connectivity index (χ3v) is 0.884. The Balaban J connectivity index is 3.40. The van der Waals surface area contributed by atoms with Crippen LogP contribution in [0.5, 0.6) is 0 Å². The molecule has 0 fully saturated rings. The van der Waals surface area contributed by atoms with Gasteiger partial charge in [-0.25, -0.2) is 0 Å². The van der Waals surface area contributed by atoms with E-state index in [1.807, 2.05) is 0 Å². The fraction of sp³-hybridized carbons (Fsp3) is 0.333. The number of hydrogen-bond acceptors (Lipinski definition) is 3. The molecule has 1 atom stereocenters. The molecule has 0 aromatic heterocycles. The molecule has 0 aromatic carbocycles. The van der Waals surface area contributed by atoms with Gasteiger partial charge in [0.25, 0.3) is 6.01 Å². The van der Waals surface area contributed by atoms with Crippen molar-refractivity contribution in [2.45, 2.75) is 0 Å². The molecule has 1 unspecified atom stereocenters. The van der Waals surface area contributed by atoms with Crippen LogP contribution in [0.4, 0.5) is 4.39 Å². The van der Waals surface area contributed by atoms with Crippen molar-refractivity contribution >= 4 is 11.4 Å². The van der Waals surface area contributed by atoms with Gasteiger partial charge in [-0.05, 0) is 6.58 Å². The van der Waals surface area contributed by atoms with Crippen LogP contribution in [0, 0.1) is 0 Å². The third kappa shape index (κ3) is 3.76. The molecular weight excluding hydrogens is 135 g/mol. The molecule has 0 amide bonds. The second kappa shape index (κ2) is 3.57. The molecule has 0 saturated heterocycles. The quantitative estimate of drug-likeness (QED) is 0.540. The van der Waals surface area contributed by atoms with Gasteiger partial charge in [0.1, 0.15) is 0 Å². The van der Waals surface area contributed by atoms with E-state index in [1.165, 1.54) is 0 Å². The molecule has 0 aliphatic heterocycles. The van der Waals surface area contributed by atoms with E-state index in [4.69, 9.17) is 0 Å². The molecule has 5 heteroatoms. The van der Waals surface area contributed by atoms with E-state index < -0.39 is 17.4 Å². The maximum absolute atomic E-state index is 11.4. The van der Waals surface area contributed by atoms with Crippen LogP contribution < -0.4 is 0 Å². The first-order chi connectivity index (χ1) is 3.66. The van der Waals surface area contributed by atoms with E-state index >= 15 is 0 Å². The molecule has 0 N–H and O–H groups in total. The SMILES string of the molecule is C=C(F)OS(=O)OC. The molecule has 3 nitrogen and oxygen atoms in total. The monoisotopic (exact) mass is 140 g/mol. The zero-order valence-corrected chi connectivity index (χ0v) is 5.03. The number of hydrogen-bond donors (Lipinski definition) is 0. The fourth-order valence-corrected chi connectivity index (χ4v) is 0.324. The van der Waals surface area contributed by atoms with E-state index in [0.29, 0.717) is 0 Å². The molecule has 0 heterocycles. The van der Waals surface area contributed by atoms with Crippen LogP contribution in [0.3, 0.4) is 0 Å². The van der Waals surface area contributed by atoms with Crippen molar-refractivity contribution in [3.05, 3.63) is 12.6 Å². The Hall–Kier alpha value is -0.420. The molecular formula is C3H5FO3S. The summed E-state index contributed by atoms with van der Waals surface area (Å²) in [5.41, 5.74) is 0. The lowest BCUT2D eigenvalue weighted by molar-refractivity contribution is 0.278. The lowest BCUT2D eigenvalue weighted by Crippen LogP contribution is -1.94. The van der Waals surface area contributed by atoms with Gasteiger partial charge in [0.05, 0.1) is 7.11 Å². The van der Waals surface area contributed by atoms with Gasteiger partial charge >= 0.3 is 11.4 Å². The molecule has 8 heavy (non-hydrogen) atoms. The van der Waals surface area contributed by atoms with E-state index in [1.54, 1.807) is 0 Å². The average Bonchev–Trinajstić information content (AvgIpc) is 1.65. The predicted octanol–water partition coefficient (Wildman–Crippen LogP) is 0.669. The minimum Gasteiger partial charge on any atom is -0.351 e. The second-order valence-electron chi connectivity index (χ2n) is 0.809. The van der Waals surface area contributed by atoms with Crippen molar-refractivity contribution in [3.8, 4) is 0 Å². The van der Waals surface area contributed by atoms with Gasteiger partial charge in [-0.3, -0.25) is 4.18 Å². The molecule has 0 aliphatic rings. The summed E-state index contributed by atoms with van der Waals surface area (Å²) in [7, 11) is 1.12. The Kier molecular flexibility index (Phi) is 3.38. The van der Waals surface area contributed by atoms with Gasteiger partial charge in [-0.15, -0.1) is 0 Å². The van der Waals surface area contributed by atoms with Crippen LogP contribution >= 0.6 is 0 Å². The van der Waals surface area contributed by atoms with Crippen LogP contribution in [0.25, 0.3) is 0 Å². The predicted molar refractivity (Wildman–Crippen MR) is 26.5 cm³/mol. The van der Waals surface area contributed by atoms with Gasteiger partial charge in [-0.2, -0.15) is 8.60 Å². The summed E-state index contributed by atoms with van der Waals surface area (Å²) in [4.78, 5) is 0. The fourth-order valence-electron chi connectivity index (χ4n) is 0.108. The summed E-state index contributed by atoms with van der Waals surface area (Å²) in [6.07, 6.45) is 0. The second-order valence-corrected chi connectivity index (χ2v) is 1.72. The van der Waals surface area contributed by atoms with E-state index in [2.05, 4.69) is 14.9 Å². The first kappa shape index (κ1) is 7.58. The third-order valence-electron chi connectivity index (χ3n) is 0.295. The minimum absolute atomic E-state index is 1.12. The maximum atomic E-state index is 11.4. The van der Waals surface area contributed by atoms with Crippen molar-refractivity contribution in [2.24, 2.45) is 0 Å². The first-order valence-corrected chi connectivity index (χ1v) is 2.65. The summed E-state index contributed by atoms with van der Waals surface area (Å²) >= 11 is -2.03. The Labute approximate surface area is 49.0 Å². The summed E-state index contributed by atoms with van der Waals surface area (Å²) < 4.78 is 29.2. The van der Waals surface area contributed by atoms with Crippen LogP contribution in [-0.4, -0.2) is 11.3 Å². The summed E-state index contributed by atoms with van der Waals surface area (Å²) in [6.45, 7) is 2.68. The first-order valence-electron chi connectivity index (χ1n) is 1.65. The zero-order chi connectivity index (χ0) is 6.57. The van der Waals surface area contributed by atoms with Crippen LogP contribution in [0.1, 0.15) is 0 Å². The van der Waals surface area contributed by atoms with Gasteiger partial charge < -0.3 is 4.18 Å². The Morgan fingerprint density at radius 3 is 2.50 bits per heavy atom. The Morgan fingerprint density at radius 2 is 2.38 bits per heavy atom. The van der Waals surface area contributed by atoms with Crippen LogP contribution in [0.15, 0.2) is 12.6 Å². The normalized spacial score (nSPS) is 12.8. The standard InChI is InChI=1S/C3H5FO3S/c1-3(4)7-8(5)6-2/h1H2,2H3. The van der Waals surface area contributed by atoms with Crippen LogP contribution in [-0.2, 0) is 19.7 Å². The molecule has 0 bridgehead atoms. The molecule has 0 spiro atoms.